The van der Waals surface area contributed by atoms with Crippen molar-refractivity contribution >= 4 is 0 Å². The highest BCUT2D eigenvalue weighted by Crippen LogP contribution is 2.11. The van der Waals surface area contributed by atoms with E-state index < -0.39 is 0 Å². The average molecular weight is 133 g/mol. The summed E-state index contributed by atoms with van der Waals surface area (Å²) >= 11 is 0. The molecule has 0 saturated heterocycles. The quantitative estimate of drug-likeness (QED) is 0.465. The lowest BCUT2D eigenvalue weighted by atomic mass is 10.0. The predicted octanol–water partition coefficient (Wildman–Crippen LogP) is 2.42. The first-order valence-corrected chi connectivity index (χ1v) is 3.63. The van der Waals surface area contributed by atoms with Gasteiger partial charge in [0.05, 0.1) is 12.0 Å². The normalized spacial score (nSPS) is 25.9. The topological polar surface area (TPSA) is 23.8 Å². The van der Waals surface area contributed by atoms with Crippen LogP contribution in [0.25, 0.3) is 0 Å². The molecule has 0 aromatic carbocycles. The van der Waals surface area contributed by atoms with Crippen LogP contribution in [0.1, 0.15) is 19.3 Å². The fourth-order valence-corrected chi connectivity index (χ4v) is 0.994. The van der Waals surface area contributed by atoms with E-state index in [4.69, 9.17) is 5.26 Å². The van der Waals surface area contributed by atoms with Gasteiger partial charge in [0, 0.05) is 0 Å². The zero-order chi connectivity index (χ0) is 7.23. The molecule has 1 aliphatic rings. The van der Waals surface area contributed by atoms with Gasteiger partial charge in [-0.3, -0.25) is 0 Å². The summed E-state index contributed by atoms with van der Waals surface area (Å²) < 4.78 is 0. The van der Waals surface area contributed by atoms with Gasteiger partial charge in [-0.1, -0.05) is 24.3 Å². The lowest BCUT2D eigenvalue weighted by Gasteiger charge is -2.02. The molecule has 1 aliphatic carbocycles. The van der Waals surface area contributed by atoms with Gasteiger partial charge < -0.3 is 0 Å². The van der Waals surface area contributed by atoms with E-state index in [-0.39, 0.29) is 5.92 Å². The second kappa shape index (κ2) is 3.90. The Morgan fingerprint density at radius 1 is 1.10 bits per heavy atom. The van der Waals surface area contributed by atoms with Crippen LogP contribution in [0.5, 0.6) is 0 Å². The molecule has 0 amide bonds. The minimum Gasteiger partial charge on any atom is -0.198 e. The third kappa shape index (κ3) is 2.06. The Hall–Kier alpha value is -1.03. The Morgan fingerprint density at radius 3 is 2.20 bits per heavy atom. The molecule has 0 atom stereocenters. The third-order valence-corrected chi connectivity index (χ3v) is 1.63. The van der Waals surface area contributed by atoms with Crippen molar-refractivity contribution < 1.29 is 0 Å². The predicted molar refractivity (Wildman–Crippen MR) is 41.2 cm³/mol. The van der Waals surface area contributed by atoms with Crippen LogP contribution in [0, 0.1) is 17.2 Å². The summed E-state index contributed by atoms with van der Waals surface area (Å²) in [4.78, 5) is 0. The van der Waals surface area contributed by atoms with E-state index in [9.17, 15) is 0 Å². The average Bonchev–Trinajstić information content (AvgIpc) is 1.87. The minimum absolute atomic E-state index is 0.202. The van der Waals surface area contributed by atoms with Crippen LogP contribution >= 0.6 is 0 Å². The van der Waals surface area contributed by atoms with Gasteiger partial charge in [0.1, 0.15) is 0 Å². The van der Waals surface area contributed by atoms with Gasteiger partial charge in [-0.15, -0.1) is 0 Å². The molecule has 0 aromatic rings. The highest BCUT2D eigenvalue weighted by atomic mass is 14.3. The first-order valence-electron chi connectivity index (χ1n) is 3.63. The SMILES string of the molecule is N#CC1C/C=C\C/C=C\C1. The smallest absolute Gasteiger partial charge is 0.0662 e. The summed E-state index contributed by atoms with van der Waals surface area (Å²) in [6.07, 6.45) is 11.3. The summed E-state index contributed by atoms with van der Waals surface area (Å²) in [5.41, 5.74) is 0. The number of allylic oxidation sites excluding steroid dienone is 4. The van der Waals surface area contributed by atoms with Gasteiger partial charge in [-0.05, 0) is 19.3 Å². The van der Waals surface area contributed by atoms with Crippen molar-refractivity contribution in [2.45, 2.75) is 19.3 Å². The monoisotopic (exact) mass is 133 g/mol. The van der Waals surface area contributed by atoms with Crippen LogP contribution in [0.4, 0.5) is 0 Å². The van der Waals surface area contributed by atoms with Crippen LogP contribution in [0.3, 0.4) is 0 Å². The highest BCUT2D eigenvalue weighted by Gasteiger charge is 2.02. The molecular formula is C9H11N. The second-order valence-corrected chi connectivity index (χ2v) is 2.48. The third-order valence-electron chi connectivity index (χ3n) is 1.63. The maximum Gasteiger partial charge on any atom is 0.0662 e. The van der Waals surface area contributed by atoms with E-state index >= 15 is 0 Å². The van der Waals surface area contributed by atoms with Crippen LogP contribution in [-0.2, 0) is 0 Å². The van der Waals surface area contributed by atoms with Crippen molar-refractivity contribution in [2.24, 2.45) is 5.92 Å². The Labute approximate surface area is 61.7 Å². The fourth-order valence-electron chi connectivity index (χ4n) is 0.994. The van der Waals surface area contributed by atoms with Crippen molar-refractivity contribution in [1.82, 2.24) is 0 Å². The molecule has 10 heavy (non-hydrogen) atoms. The number of hydrogen-bond donors (Lipinski definition) is 0. The minimum atomic E-state index is 0.202. The second-order valence-electron chi connectivity index (χ2n) is 2.48. The highest BCUT2D eigenvalue weighted by molar-refractivity contribution is 5.02. The largest absolute Gasteiger partial charge is 0.198 e. The number of nitriles is 1. The Balaban J connectivity index is 2.49. The zero-order valence-corrected chi connectivity index (χ0v) is 5.96. The van der Waals surface area contributed by atoms with Crippen LogP contribution in [0.2, 0.25) is 0 Å². The fraction of sp³-hybridized carbons (Fsp3) is 0.444. The molecule has 0 bridgehead atoms. The summed E-state index contributed by atoms with van der Waals surface area (Å²) in [5.74, 6) is 0.202. The van der Waals surface area contributed by atoms with Crippen molar-refractivity contribution in [3.8, 4) is 6.07 Å². The van der Waals surface area contributed by atoms with E-state index in [1.807, 2.05) is 0 Å². The molecule has 0 heterocycles. The molecule has 0 saturated carbocycles. The molecule has 0 unspecified atom stereocenters. The van der Waals surface area contributed by atoms with E-state index in [2.05, 4.69) is 30.4 Å². The molecule has 0 fully saturated rings. The molecule has 1 heteroatoms. The van der Waals surface area contributed by atoms with Gasteiger partial charge in [0.25, 0.3) is 0 Å². The zero-order valence-electron chi connectivity index (χ0n) is 5.96. The Morgan fingerprint density at radius 2 is 1.70 bits per heavy atom. The maximum atomic E-state index is 8.59. The molecular weight excluding hydrogens is 122 g/mol. The summed E-state index contributed by atoms with van der Waals surface area (Å²) in [6, 6.07) is 2.27. The van der Waals surface area contributed by atoms with Crippen molar-refractivity contribution in [1.29, 1.82) is 5.26 Å². The van der Waals surface area contributed by atoms with Crippen molar-refractivity contribution in [3.63, 3.8) is 0 Å². The molecule has 1 nitrogen and oxygen atoms in total. The standard InChI is InChI=1S/C9H11N/c10-8-9-6-4-2-1-3-5-7-9/h2-5,9H,1,6-7H2/b4-2-,5-3-. The molecule has 0 N–H and O–H groups in total. The molecule has 0 spiro atoms. The lowest BCUT2D eigenvalue weighted by molar-refractivity contribution is 0.685. The van der Waals surface area contributed by atoms with Crippen molar-refractivity contribution in [3.05, 3.63) is 24.3 Å². The Kier molecular flexibility index (Phi) is 2.76. The van der Waals surface area contributed by atoms with Crippen LogP contribution in [0.15, 0.2) is 24.3 Å². The first kappa shape index (κ1) is 7.08. The van der Waals surface area contributed by atoms with Gasteiger partial charge >= 0.3 is 0 Å². The van der Waals surface area contributed by atoms with Crippen LogP contribution < -0.4 is 0 Å². The molecule has 0 aliphatic heterocycles. The van der Waals surface area contributed by atoms with Crippen LogP contribution in [-0.4, -0.2) is 0 Å². The first-order chi connectivity index (χ1) is 4.93. The van der Waals surface area contributed by atoms with Gasteiger partial charge in [-0.2, -0.15) is 5.26 Å². The molecule has 1 rings (SSSR count). The van der Waals surface area contributed by atoms with Gasteiger partial charge in [0.2, 0.25) is 0 Å². The van der Waals surface area contributed by atoms with E-state index in [0.717, 1.165) is 19.3 Å². The van der Waals surface area contributed by atoms with E-state index in [1.54, 1.807) is 0 Å². The van der Waals surface area contributed by atoms with Crippen molar-refractivity contribution in [2.75, 3.05) is 0 Å². The maximum absolute atomic E-state index is 8.59. The summed E-state index contributed by atoms with van der Waals surface area (Å²) in [6.45, 7) is 0. The molecule has 0 radical (unpaired) electrons. The Bertz CT molecular complexity index is 169. The summed E-state index contributed by atoms with van der Waals surface area (Å²) in [7, 11) is 0. The summed E-state index contributed by atoms with van der Waals surface area (Å²) in [5, 5.41) is 8.59. The lowest BCUT2D eigenvalue weighted by Crippen LogP contribution is -1.93. The number of rotatable bonds is 0. The number of hydrogen-bond acceptors (Lipinski definition) is 1. The number of nitrogens with zero attached hydrogens (tertiary/aromatic N) is 1. The van der Waals surface area contributed by atoms with E-state index in [0.29, 0.717) is 0 Å². The van der Waals surface area contributed by atoms with Gasteiger partial charge in [-0.25, -0.2) is 0 Å². The van der Waals surface area contributed by atoms with Gasteiger partial charge in [0.15, 0.2) is 0 Å². The molecule has 0 aromatic heterocycles. The van der Waals surface area contributed by atoms with E-state index in [1.165, 1.54) is 0 Å². The molecule has 52 valence electrons.